The molecule has 0 saturated carbocycles. The topological polar surface area (TPSA) is 58.5 Å². The maximum absolute atomic E-state index is 12.6. The van der Waals surface area contributed by atoms with E-state index in [1.54, 1.807) is 30.5 Å². The average Bonchev–Trinajstić information content (AvgIpc) is 3.06. The van der Waals surface area contributed by atoms with Gasteiger partial charge in [-0.1, -0.05) is 38.5 Å². The van der Waals surface area contributed by atoms with E-state index in [0.717, 1.165) is 16.3 Å². The van der Waals surface area contributed by atoms with Crippen molar-refractivity contribution in [2.45, 2.75) is 52.8 Å². The first-order valence-electron chi connectivity index (χ1n) is 8.63. The first kappa shape index (κ1) is 21.1. The fourth-order valence-corrected chi connectivity index (χ4v) is 3.27. The van der Waals surface area contributed by atoms with Gasteiger partial charge >= 0.3 is 6.61 Å². The van der Waals surface area contributed by atoms with Gasteiger partial charge in [-0.3, -0.25) is 4.99 Å². The minimum Gasteiger partial charge on any atom is -0.434 e. The summed E-state index contributed by atoms with van der Waals surface area (Å²) in [5, 5.41) is 9.42. The number of hydrogen-bond donors (Lipinski definition) is 2. The molecule has 0 bridgehead atoms. The van der Waals surface area contributed by atoms with Gasteiger partial charge in [-0.25, -0.2) is 4.98 Å². The van der Waals surface area contributed by atoms with Crippen LogP contribution in [0.2, 0.25) is 0 Å². The van der Waals surface area contributed by atoms with Gasteiger partial charge in [0.15, 0.2) is 5.96 Å². The van der Waals surface area contributed by atoms with Crippen molar-refractivity contribution < 1.29 is 13.5 Å². The van der Waals surface area contributed by atoms with Crippen LogP contribution in [0.25, 0.3) is 0 Å². The van der Waals surface area contributed by atoms with Gasteiger partial charge in [-0.05, 0) is 13.0 Å². The van der Waals surface area contributed by atoms with Crippen molar-refractivity contribution in [3.05, 3.63) is 45.4 Å². The Morgan fingerprint density at radius 3 is 2.56 bits per heavy atom. The fourth-order valence-electron chi connectivity index (χ4n) is 2.36. The highest BCUT2D eigenvalue weighted by Crippen LogP contribution is 2.25. The maximum atomic E-state index is 12.6. The number of rotatable bonds is 6. The third-order valence-electron chi connectivity index (χ3n) is 3.73. The molecule has 2 aromatic rings. The summed E-state index contributed by atoms with van der Waals surface area (Å²) in [6.45, 7) is 6.27. The summed E-state index contributed by atoms with van der Waals surface area (Å²) in [6, 6.07) is 5.11. The van der Waals surface area contributed by atoms with Crippen LogP contribution in [0.1, 0.15) is 42.6 Å². The van der Waals surface area contributed by atoms with Gasteiger partial charge in [0.1, 0.15) is 5.75 Å². The zero-order valence-corrected chi connectivity index (χ0v) is 17.1. The molecule has 0 unspecified atom stereocenters. The van der Waals surface area contributed by atoms with Gasteiger partial charge in [0, 0.05) is 30.0 Å². The van der Waals surface area contributed by atoms with E-state index in [1.165, 1.54) is 0 Å². The number of aromatic nitrogens is 1. The lowest BCUT2D eigenvalue weighted by atomic mass is 9.98. The van der Waals surface area contributed by atoms with Gasteiger partial charge in [0.25, 0.3) is 0 Å². The predicted octanol–water partition coefficient (Wildman–Crippen LogP) is 4.22. The number of aryl methyl sites for hydroxylation is 1. The third kappa shape index (κ3) is 6.46. The number of nitrogens with one attached hydrogen (secondary N) is 2. The molecule has 0 radical (unpaired) electrons. The number of alkyl halides is 2. The molecule has 0 fully saturated rings. The van der Waals surface area contributed by atoms with Crippen LogP contribution in [0.4, 0.5) is 8.78 Å². The first-order chi connectivity index (χ1) is 12.7. The molecule has 0 atom stereocenters. The highest BCUT2D eigenvalue weighted by molar-refractivity contribution is 7.09. The summed E-state index contributed by atoms with van der Waals surface area (Å²) in [5.74, 6) is 0.720. The molecule has 0 saturated heterocycles. The SMILES string of the molecule is CN=C(NCc1csc(C(C)(C)C)n1)NCc1cc(C)ccc1OC(F)F. The van der Waals surface area contributed by atoms with Crippen LogP contribution in [0.15, 0.2) is 28.6 Å². The second kappa shape index (κ2) is 9.12. The number of halogens is 2. The van der Waals surface area contributed by atoms with Gasteiger partial charge in [0.2, 0.25) is 0 Å². The van der Waals surface area contributed by atoms with E-state index in [-0.39, 0.29) is 11.2 Å². The third-order valence-corrected chi connectivity index (χ3v) is 5.05. The quantitative estimate of drug-likeness (QED) is 0.567. The smallest absolute Gasteiger partial charge is 0.387 e. The summed E-state index contributed by atoms with van der Waals surface area (Å²) in [7, 11) is 1.66. The molecular formula is C19H26F2N4OS. The van der Waals surface area contributed by atoms with E-state index in [9.17, 15) is 8.78 Å². The Labute approximate surface area is 162 Å². The molecule has 0 aliphatic rings. The Bertz CT molecular complexity index is 784. The lowest BCUT2D eigenvalue weighted by molar-refractivity contribution is -0.0504. The Hall–Kier alpha value is -2.22. The van der Waals surface area contributed by atoms with Gasteiger partial charge in [0.05, 0.1) is 17.2 Å². The molecule has 0 aliphatic heterocycles. The summed E-state index contributed by atoms with van der Waals surface area (Å²) in [4.78, 5) is 8.80. The number of nitrogens with zero attached hydrogens (tertiary/aromatic N) is 2. The van der Waals surface area contributed by atoms with Crippen LogP contribution in [0.3, 0.4) is 0 Å². The largest absolute Gasteiger partial charge is 0.434 e. The predicted molar refractivity (Wildman–Crippen MR) is 106 cm³/mol. The summed E-state index contributed by atoms with van der Waals surface area (Å²) in [5.41, 5.74) is 2.57. The van der Waals surface area contributed by atoms with Gasteiger partial charge in [-0.2, -0.15) is 8.78 Å². The fraction of sp³-hybridized carbons (Fsp3) is 0.474. The van der Waals surface area contributed by atoms with Crippen LogP contribution in [-0.4, -0.2) is 24.6 Å². The number of guanidine groups is 1. The lowest BCUT2D eigenvalue weighted by Crippen LogP contribution is -2.36. The van der Waals surface area contributed by atoms with E-state index in [2.05, 4.69) is 46.1 Å². The van der Waals surface area contributed by atoms with Crippen LogP contribution < -0.4 is 15.4 Å². The molecule has 0 spiro atoms. The first-order valence-corrected chi connectivity index (χ1v) is 9.50. The highest BCUT2D eigenvalue weighted by Gasteiger charge is 2.18. The molecule has 2 N–H and O–H groups in total. The van der Waals surface area contributed by atoms with E-state index in [4.69, 9.17) is 0 Å². The van der Waals surface area contributed by atoms with Crippen LogP contribution in [0, 0.1) is 6.92 Å². The molecule has 1 aromatic carbocycles. The second-order valence-electron chi connectivity index (χ2n) is 7.16. The summed E-state index contributed by atoms with van der Waals surface area (Å²) in [6.07, 6.45) is 0. The minimum absolute atomic E-state index is 0.0229. The van der Waals surface area contributed by atoms with E-state index < -0.39 is 6.61 Å². The second-order valence-corrected chi connectivity index (χ2v) is 8.02. The van der Waals surface area contributed by atoms with E-state index >= 15 is 0 Å². The molecule has 2 rings (SSSR count). The Morgan fingerprint density at radius 2 is 1.96 bits per heavy atom. The van der Waals surface area contributed by atoms with Crippen molar-refractivity contribution in [2.24, 2.45) is 4.99 Å². The number of benzene rings is 1. The standard InChI is InChI=1S/C19H26F2N4OS/c1-12-6-7-15(26-17(20)21)13(8-12)9-23-18(22-5)24-10-14-11-27-16(25-14)19(2,3)4/h6-8,11,17H,9-10H2,1-5H3,(H2,22,23,24). The Balaban J connectivity index is 1.96. The minimum atomic E-state index is -2.86. The van der Waals surface area contributed by atoms with Gasteiger partial charge < -0.3 is 15.4 Å². The van der Waals surface area contributed by atoms with E-state index in [0.29, 0.717) is 24.6 Å². The Morgan fingerprint density at radius 1 is 1.26 bits per heavy atom. The van der Waals surface area contributed by atoms with Crippen LogP contribution in [0.5, 0.6) is 5.75 Å². The summed E-state index contributed by atoms with van der Waals surface area (Å²) < 4.78 is 29.7. The molecule has 0 amide bonds. The van der Waals surface area contributed by atoms with E-state index in [1.807, 2.05) is 18.4 Å². The van der Waals surface area contributed by atoms with Crippen LogP contribution >= 0.6 is 11.3 Å². The zero-order chi connectivity index (χ0) is 20.0. The lowest BCUT2D eigenvalue weighted by Gasteiger charge is -2.15. The van der Waals surface area contributed by atoms with Crippen molar-refractivity contribution >= 4 is 17.3 Å². The maximum Gasteiger partial charge on any atom is 0.387 e. The monoisotopic (exact) mass is 396 g/mol. The molecule has 8 heteroatoms. The van der Waals surface area contributed by atoms with Crippen molar-refractivity contribution in [2.75, 3.05) is 7.05 Å². The molecule has 27 heavy (non-hydrogen) atoms. The molecule has 1 heterocycles. The highest BCUT2D eigenvalue weighted by atomic mass is 32.1. The molecular weight excluding hydrogens is 370 g/mol. The van der Waals surface area contributed by atoms with Gasteiger partial charge in [-0.15, -0.1) is 11.3 Å². The zero-order valence-electron chi connectivity index (χ0n) is 16.3. The summed E-state index contributed by atoms with van der Waals surface area (Å²) >= 11 is 1.64. The molecule has 148 valence electrons. The normalized spacial score (nSPS) is 12.4. The molecule has 0 aliphatic carbocycles. The number of thiazole rings is 1. The van der Waals surface area contributed by atoms with Crippen LogP contribution in [-0.2, 0) is 18.5 Å². The number of hydrogen-bond acceptors (Lipinski definition) is 4. The van der Waals surface area contributed by atoms with Crippen molar-refractivity contribution in [1.29, 1.82) is 0 Å². The number of ether oxygens (including phenoxy) is 1. The average molecular weight is 397 g/mol. The van der Waals surface area contributed by atoms with Crippen molar-refractivity contribution in [3.8, 4) is 5.75 Å². The van der Waals surface area contributed by atoms with Crippen molar-refractivity contribution in [3.63, 3.8) is 0 Å². The molecule has 5 nitrogen and oxygen atoms in total. The van der Waals surface area contributed by atoms with Crippen molar-refractivity contribution in [1.82, 2.24) is 15.6 Å². The molecule has 1 aromatic heterocycles. The number of aliphatic imine (C=N–C) groups is 1. The Kier molecular flexibility index (Phi) is 7.12.